The molecule has 1 saturated heterocycles. The molecule has 0 unspecified atom stereocenters. The van der Waals surface area contributed by atoms with Crippen molar-refractivity contribution >= 4 is 11.8 Å². The summed E-state index contributed by atoms with van der Waals surface area (Å²) in [5, 5.41) is 3.14. The highest BCUT2D eigenvalue weighted by Crippen LogP contribution is 2.34. The number of hydrogen-bond acceptors (Lipinski definition) is 9. The Kier molecular flexibility index (Phi) is 10.2. The Morgan fingerprint density at radius 1 is 0.977 bits per heavy atom. The number of amides is 2. The highest BCUT2D eigenvalue weighted by atomic mass is 16.5. The first-order valence-corrected chi connectivity index (χ1v) is 14.7. The van der Waals surface area contributed by atoms with Crippen molar-refractivity contribution in [3.05, 3.63) is 71.5 Å². The van der Waals surface area contributed by atoms with Crippen LogP contribution in [0.1, 0.15) is 29.7 Å². The number of nitrogens with one attached hydrogen (secondary N) is 1. The predicted molar refractivity (Wildman–Crippen MR) is 163 cm³/mol. The summed E-state index contributed by atoms with van der Waals surface area (Å²) in [4.78, 5) is 34.3. The average Bonchev–Trinajstić information content (AvgIpc) is 3.03. The number of rotatable bonds is 5. The van der Waals surface area contributed by atoms with Gasteiger partial charge in [-0.3, -0.25) is 19.5 Å². The van der Waals surface area contributed by atoms with Gasteiger partial charge in [-0.1, -0.05) is 18.2 Å². The fraction of sp³-hybridized carbons (Fsp3) is 0.424. The van der Waals surface area contributed by atoms with Crippen molar-refractivity contribution in [2.45, 2.75) is 44.6 Å². The molecule has 11 nitrogen and oxygen atoms in total. The largest absolute Gasteiger partial charge is 0.493 e. The van der Waals surface area contributed by atoms with E-state index in [1.165, 1.54) is 4.90 Å². The maximum Gasteiger partial charge on any atom is 0.239 e. The summed E-state index contributed by atoms with van der Waals surface area (Å²) in [5.74, 6) is 2.70. The number of ether oxygens (including phenoxy) is 5. The second kappa shape index (κ2) is 14.4. The smallest absolute Gasteiger partial charge is 0.239 e. The Morgan fingerprint density at radius 3 is 2.61 bits per heavy atom. The van der Waals surface area contributed by atoms with Crippen LogP contribution in [-0.2, 0) is 33.9 Å². The van der Waals surface area contributed by atoms with Crippen LogP contribution < -0.4 is 24.3 Å². The molecule has 4 heterocycles. The third-order valence-corrected chi connectivity index (χ3v) is 7.98. The maximum absolute atomic E-state index is 13.1. The highest BCUT2D eigenvalue weighted by Gasteiger charge is 2.32. The van der Waals surface area contributed by atoms with Gasteiger partial charge in [0.1, 0.15) is 11.4 Å². The molecule has 2 amide bonds. The summed E-state index contributed by atoms with van der Waals surface area (Å²) in [5.41, 5.74) is 2.63. The van der Waals surface area contributed by atoms with Crippen LogP contribution in [0.25, 0.3) is 0 Å². The lowest BCUT2D eigenvalue weighted by molar-refractivity contribution is -0.135. The molecule has 3 aliphatic heterocycles. The van der Waals surface area contributed by atoms with E-state index in [-0.39, 0.29) is 36.9 Å². The number of hydrogen-bond donors (Lipinski definition) is 1. The summed E-state index contributed by atoms with van der Waals surface area (Å²) in [6.07, 6.45) is 2.83. The van der Waals surface area contributed by atoms with E-state index in [2.05, 4.69) is 15.2 Å². The number of carbonyl (C=O) groups is 2. The predicted octanol–water partition coefficient (Wildman–Crippen LogP) is 3.58. The number of methoxy groups -OCH3 is 3. The molecule has 1 fully saturated rings. The molecule has 2 atom stereocenters. The van der Waals surface area contributed by atoms with E-state index in [1.807, 2.05) is 42.5 Å². The fourth-order valence-corrected chi connectivity index (χ4v) is 5.61. The van der Waals surface area contributed by atoms with Crippen LogP contribution in [0.5, 0.6) is 28.7 Å². The Labute approximate surface area is 258 Å². The van der Waals surface area contributed by atoms with Gasteiger partial charge in [-0.25, -0.2) is 0 Å². The van der Waals surface area contributed by atoms with Gasteiger partial charge in [0.15, 0.2) is 23.0 Å². The van der Waals surface area contributed by atoms with Gasteiger partial charge in [0.2, 0.25) is 11.8 Å². The number of likely N-dealkylation sites (tertiary alicyclic amines) is 1. The number of aromatic nitrogens is 1. The maximum atomic E-state index is 13.1. The molecule has 3 aliphatic rings. The molecule has 44 heavy (non-hydrogen) atoms. The molecule has 1 N–H and O–H groups in total. The lowest BCUT2D eigenvalue weighted by Gasteiger charge is -2.39. The van der Waals surface area contributed by atoms with E-state index in [0.717, 1.165) is 16.8 Å². The number of aryl methyl sites for hydroxylation is 1. The summed E-state index contributed by atoms with van der Waals surface area (Å²) in [6, 6.07) is 14.9. The Balaban J connectivity index is 1.38. The van der Waals surface area contributed by atoms with Crippen LogP contribution in [0.15, 0.2) is 54.7 Å². The van der Waals surface area contributed by atoms with Crippen LogP contribution >= 0.6 is 0 Å². The van der Waals surface area contributed by atoms with Crippen LogP contribution in [0.3, 0.4) is 0 Å². The van der Waals surface area contributed by atoms with E-state index in [4.69, 9.17) is 23.7 Å². The van der Waals surface area contributed by atoms with Gasteiger partial charge in [-0.15, -0.1) is 0 Å². The van der Waals surface area contributed by atoms with Gasteiger partial charge in [0.05, 0.1) is 46.6 Å². The Bertz CT molecular complexity index is 1470. The average molecular weight is 605 g/mol. The lowest BCUT2D eigenvalue weighted by atomic mass is 10.0. The van der Waals surface area contributed by atoms with Crippen molar-refractivity contribution in [1.29, 1.82) is 0 Å². The van der Waals surface area contributed by atoms with Gasteiger partial charge in [-0.05, 0) is 48.2 Å². The molecule has 1 aromatic heterocycles. The molecular formula is C33H40N4O7. The molecule has 0 saturated carbocycles. The number of benzene rings is 2. The molecule has 3 aromatic rings. The lowest BCUT2D eigenvalue weighted by Crippen LogP contribution is -2.56. The first kappa shape index (κ1) is 31.1. The number of carbonyl (C=O) groups excluding carboxylic acids is 2. The van der Waals surface area contributed by atoms with E-state index >= 15 is 0 Å². The van der Waals surface area contributed by atoms with E-state index in [9.17, 15) is 9.59 Å². The molecule has 0 radical (unpaired) electrons. The van der Waals surface area contributed by atoms with Crippen LogP contribution in [0.2, 0.25) is 0 Å². The van der Waals surface area contributed by atoms with Gasteiger partial charge < -0.3 is 33.9 Å². The zero-order valence-electron chi connectivity index (χ0n) is 25.7. The zero-order chi connectivity index (χ0) is 31.1. The third-order valence-electron chi connectivity index (χ3n) is 7.98. The quantitative estimate of drug-likeness (QED) is 0.467. The number of pyridine rings is 1. The first-order valence-electron chi connectivity index (χ1n) is 14.7. The summed E-state index contributed by atoms with van der Waals surface area (Å²) in [7, 11) is 6.45. The summed E-state index contributed by atoms with van der Waals surface area (Å²) >= 11 is 0. The topological polar surface area (TPSA) is 112 Å². The number of fused-ring (bicyclic) bond motifs is 9. The standard InChI is InChI=1S/C33H40N4O7/c1-36-20-31(38)35-25-13-15-37(18-26-33(42-4)28(40-2)12-14-34-26)19-30(25)43-21-23-6-5-7-24(16-23)44-27-10-8-22(9-11-32(36)39)17-29(27)41-3/h5-8,10,12,14,16-17,25,30H,9,11,13,15,18-21H2,1-4H3,(H,35,38)/t25-,30-/m0/s1. The number of likely N-dealkylation sites (N-methyl/N-ethyl adjacent to an activating group) is 1. The first-order chi connectivity index (χ1) is 21.4. The van der Waals surface area contributed by atoms with Crippen molar-refractivity contribution in [2.75, 3.05) is 48.0 Å². The number of nitrogens with zero attached hydrogens (tertiary/aromatic N) is 3. The second-order valence-electron chi connectivity index (χ2n) is 11.0. The molecule has 11 heteroatoms. The zero-order valence-corrected chi connectivity index (χ0v) is 25.7. The summed E-state index contributed by atoms with van der Waals surface area (Å²) in [6.45, 7) is 2.08. The van der Waals surface area contributed by atoms with Crippen LogP contribution in [0.4, 0.5) is 0 Å². The fourth-order valence-electron chi connectivity index (χ4n) is 5.61. The van der Waals surface area contributed by atoms with Gasteiger partial charge in [0, 0.05) is 45.4 Å². The Morgan fingerprint density at radius 2 is 1.82 bits per heavy atom. The molecular weight excluding hydrogens is 564 g/mol. The molecule has 2 aromatic carbocycles. The minimum atomic E-state index is -0.315. The monoisotopic (exact) mass is 604 g/mol. The normalized spacial score (nSPS) is 20.0. The Hall–Kier alpha value is -4.35. The molecule has 0 aliphatic carbocycles. The SMILES string of the molecule is COc1cc2ccc1Oc1cccc(c1)CO[C@H]1CN(Cc3nccc(OC)c3OC)CC[C@@H]1NC(=O)CN(C)C(=O)CC2. The van der Waals surface area contributed by atoms with Gasteiger partial charge >= 0.3 is 0 Å². The number of piperidine rings is 1. The van der Waals surface area contributed by atoms with E-state index < -0.39 is 0 Å². The third kappa shape index (κ3) is 7.59. The van der Waals surface area contributed by atoms with Gasteiger partial charge in [0.25, 0.3) is 0 Å². The van der Waals surface area contributed by atoms with Crippen molar-refractivity contribution in [3.63, 3.8) is 0 Å². The van der Waals surface area contributed by atoms with Crippen molar-refractivity contribution in [1.82, 2.24) is 20.1 Å². The van der Waals surface area contributed by atoms with Crippen LogP contribution in [0, 0.1) is 0 Å². The van der Waals surface area contributed by atoms with Crippen molar-refractivity contribution in [3.8, 4) is 28.7 Å². The van der Waals surface area contributed by atoms with Crippen LogP contribution in [-0.4, -0.2) is 86.8 Å². The molecule has 4 bridgehead atoms. The minimum Gasteiger partial charge on any atom is -0.493 e. The summed E-state index contributed by atoms with van der Waals surface area (Å²) < 4.78 is 29.3. The second-order valence-corrected chi connectivity index (χ2v) is 11.0. The van der Waals surface area contributed by atoms with Gasteiger partial charge in [-0.2, -0.15) is 0 Å². The van der Waals surface area contributed by atoms with Crippen molar-refractivity contribution < 1.29 is 33.3 Å². The molecule has 234 valence electrons. The van der Waals surface area contributed by atoms with Crippen molar-refractivity contribution in [2.24, 2.45) is 0 Å². The molecule has 6 rings (SSSR count). The van der Waals surface area contributed by atoms with E-state index in [1.54, 1.807) is 40.6 Å². The highest BCUT2D eigenvalue weighted by molar-refractivity contribution is 5.84. The minimum absolute atomic E-state index is 0.0329. The molecule has 0 spiro atoms. The van der Waals surface area contributed by atoms with E-state index in [0.29, 0.717) is 67.8 Å².